The SMILES string of the molecule is CC(C)NCc1cc(F)ccc1Oc1cc(Cl)cc(Cl)c1. The van der Waals surface area contributed by atoms with E-state index in [1.165, 1.54) is 12.1 Å². The normalized spacial score (nSPS) is 11.0. The monoisotopic (exact) mass is 327 g/mol. The standard InChI is InChI=1S/C16H16Cl2FNO/c1-10(2)20-9-11-5-14(19)3-4-16(11)21-15-7-12(17)6-13(18)8-15/h3-8,10,20H,9H2,1-2H3. The van der Waals surface area contributed by atoms with Gasteiger partial charge in [-0.05, 0) is 36.4 Å². The maximum atomic E-state index is 13.4. The number of hydrogen-bond donors (Lipinski definition) is 1. The molecular weight excluding hydrogens is 312 g/mol. The molecule has 0 aromatic heterocycles. The zero-order valence-electron chi connectivity index (χ0n) is 11.8. The summed E-state index contributed by atoms with van der Waals surface area (Å²) in [6, 6.07) is 9.66. The highest BCUT2D eigenvalue weighted by molar-refractivity contribution is 6.34. The van der Waals surface area contributed by atoms with Gasteiger partial charge in [0.1, 0.15) is 17.3 Å². The summed E-state index contributed by atoms with van der Waals surface area (Å²) in [6.07, 6.45) is 0. The summed E-state index contributed by atoms with van der Waals surface area (Å²) in [6.45, 7) is 4.56. The van der Waals surface area contributed by atoms with Gasteiger partial charge < -0.3 is 10.1 Å². The minimum Gasteiger partial charge on any atom is -0.457 e. The van der Waals surface area contributed by atoms with Crippen molar-refractivity contribution in [3.8, 4) is 11.5 Å². The van der Waals surface area contributed by atoms with Crippen LogP contribution in [0.15, 0.2) is 36.4 Å². The molecule has 112 valence electrons. The lowest BCUT2D eigenvalue weighted by atomic mass is 10.2. The number of ether oxygens (including phenoxy) is 1. The molecule has 0 atom stereocenters. The average Bonchev–Trinajstić information content (AvgIpc) is 2.37. The highest BCUT2D eigenvalue weighted by atomic mass is 35.5. The molecule has 0 bridgehead atoms. The third-order valence-corrected chi connectivity index (χ3v) is 3.22. The summed E-state index contributed by atoms with van der Waals surface area (Å²) in [5, 5.41) is 4.21. The first kappa shape index (κ1) is 16.1. The number of halogens is 3. The van der Waals surface area contributed by atoms with Crippen LogP contribution in [-0.2, 0) is 6.54 Å². The Hall–Kier alpha value is -1.29. The Morgan fingerprint density at radius 1 is 1.10 bits per heavy atom. The Bertz CT molecular complexity index is 611. The van der Waals surface area contributed by atoms with Crippen molar-refractivity contribution in [2.75, 3.05) is 0 Å². The van der Waals surface area contributed by atoms with Crippen molar-refractivity contribution in [3.05, 3.63) is 57.8 Å². The van der Waals surface area contributed by atoms with Crippen LogP contribution in [0.5, 0.6) is 11.5 Å². The Kier molecular flexibility index (Phi) is 5.45. The van der Waals surface area contributed by atoms with Gasteiger partial charge in [0.2, 0.25) is 0 Å². The average molecular weight is 328 g/mol. The number of hydrogen-bond acceptors (Lipinski definition) is 2. The van der Waals surface area contributed by atoms with Crippen molar-refractivity contribution >= 4 is 23.2 Å². The second kappa shape index (κ2) is 7.12. The van der Waals surface area contributed by atoms with Gasteiger partial charge in [-0.2, -0.15) is 0 Å². The fourth-order valence-electron chi connectivity index (χ4n) is 1.81. The van der Waals surface area contributed by atoms with E-state index in [9.17, 15) is 4.39 Å². The van der Waals surface area contributed by atoms with E-state index < -0.39 is 0 Å². The molecule has 21 heavy (non-hydrogen) atoms. The van der Waals surface area contributed by atoms with Crippen LogP contribution >= 0.6 is 23.2 Å². The quantitative estimate of drug-likeness (QED) is 0.791. The summed E-state index contributed by atoms with van der Waals surface area (Å²) in [7, 11) is 0. The topological polar surface area (TPSA) is 21.3 Å². The summed E-state index contributed by atoms with van der Waals surface area (Å²) < 4.78 is 19.2. The molecule has 0 spiro atoms. The second-order valence-corrected chi connectivity index (χ2v) is 5.87. The molecule has 2 rings (SSSR count). The lowest BCUT2D eigenvalue weighted by Gasteiger charge is -2.14. The van der Waals surface area contributed by atoms with Crippen molar-refractivity contribution in [2.24, 2.45) is 0 Å². The van der Waals surface area contributed by atoms with E-state index in [-0.39, 0.29) is 5.82 Å². The van der Waals surface area contributed by atoms with Crippen molar-refractivity contribution in [1.82, 2.24) is 5.32 Å². The number of rotatable bonds is 5. The van der Waals surface area contributed by atoms with E-state index in [2.05, 4.69) is 5.32 Å². The van der Waals surface area contributed by atoms with Crippen LogP contribution in [0.4, 0.5) is 4.39 Å². The van der Waals surface area contributed by atoms with Crippen molar-refractivity contribution < 1.29 is 9.13 Å². The molecule has 5 heteroatoms. The Morgan fingerprint density at radius 2 is 1.76 bits per heavy atom. The predicted octanol–water partition coefficient (Wildman–Crippen LogP) is 5.42. The lowest BCUT2D eigenvalue weighted by molar-refractivity contribution is 0.466. The summed E-state index contributed by atoms with van der Waals surface area (Å²) >= 11 is 11.9. The van der Waals surface area contributed by atoms with Crippen LogP contribution in [0.2, 0.25) is 10.0 Å². The fourth-order valence-corrected chi connectivity index (χ4v) is 2.32. The molecular formula is C16H16Cl2FNO. The molecule has 2 aromatic carbocycles. The summed E-state index contributed by atoms with van der Waals surface area (Å²) in [5.74, 6) is 0.792. The minimum absolute atomic E-state index is 0.293. The molecule has 0 unspecified atom stereocenters. The van der Waals surface area contributed by atoms with Crippen LogP contribution in [0.25, 0.3) is 0 Å². The van der Waals surface area contributed by atoms with Crippen molar-refractivity contribution in [2.45, 2.75) is 26.4 Å². The number of nitrogens with one attached hydrogen (secondary N) is 1. The number of benzene rings is 2. The van der Waals surface area contributed by atoms with Crippen LogP contribution < -0.4 is 10.1 Å². The smallest absolute Gasteiger partial charge is 0.132 e. The van der Waals surface area contributed by atoms with Gasteiger partial charge in [0.15, 0.2) is 0 Å². The van der Waals surface area contributed by atoms with Gasteiger partial charge in [-0.1, -0.05) is 37.0 Å². The predicted molar refractivity (Wildman–Crippen MR) is 84.9 cm³/mol. The molecule has 0 heterocycles. The van der Waals surface area contributed by atoms with Crippen molar-refractivity contribution in [1.29, 1.82) is 0 Å². The highest BCUT2D eigenvalue weighted by Gasteiger charge is 2.08. The molecule has 1 N–H and O–H groups in total. The van der Waals surface area contributed by atoms with Gasteiger partial charge in [0.05, 0.1) is 0 Å². The maximum absolute atomic E-state index is 13.4. The van der Waals surface area contributed by atoms with Crippen LogP contribution in [-0.4, -0.2) is 6.04 Å². The first-order valence-corrected chi connectivity index (χ1v) is 7.35. The summed E-state index contributed by atoms with van der Waals surface area (Å²) in [5.41, 5.74) is 0.736. The van der Waals surface area contributed by atoms with E-state index >= 15 is 0 Å². The van der Waals surface area contributed by atoms with Gasteiger partial charge in [-0.25, -0.2) is 4.39 Å². The van der Waals surface area contributed by atoms with E-state index in [0.29, 0.717) is 34.1 Å². The molecule has 0 fully saturated rings. The second-order valence-electron chi connectivity index (χ2n) is 4.99. The first-order valence-electron chi connectivity index (χ1n) is 6.60. The largest absolute Gasteiger partial charge is 0.457 e. The maximum Gasteiger partial charge on any atom is 0.132 e. The Morgan fingerprint density at radius 3 is 2.38 bits per heavy atom. The van der Waals surface area contributed by atoms with E-state index in [4.69, 9.17) is 27.9 Å². The van der Waals surface area contributed by atoms with Crippen molar-refractivity contribution in [3.63, 3.8) is 0 Å². The minimum atomic E-state index is -0.299. The van der Waals surface area contributed by atoms with E-state index in [1.807, 2.05) is 13.8 Å². The Balaban J connectivity index is 2.25. The zero-order chi connectivity index (χ0) is 15.4. The van der Waals surface area contributed by atoms with Crippen LogP contribution in [0.3, 0.4) is 0 Å². The van der Waals surface area contributed by atoms with Gasteiger partial charge in [0, 0.05) is 28.2 Å². The molecule has 0 saturated heterocycles. The third kappa shape index (κ3) is 4.88. The zero-order valence-corrected chi connectivity index (χ0v) is 13.3. The molecule has 0 aliphatic carbocycles. The Labute approximate surface area is 133 Å². The van der Waals surface area contributed by atoms with Crippen LogP contribution in [0, 0.1) is 5.82 Å². The highest BCUT2D eigenvalue weighted by Crippen LogP contribution is 2.30. The third-order valence-electron chi connectivity index (χ3n) is 2.79. The lowest BCUT2D eigenvalue weighted by Crippen LogP contribution is -2.22. The molecule has 0 saturated carbocycles. The molecule has 0 aliphatic rings. The molecule has 0 aliphatic heterocycles. The molecule has 0 amide bonds. The van der Waals surface area contributed by atoms with E-state index in [0.717, 1.165) is 5.56 Å². The molecule has 2 aromatic rings. The van der Waals surface area contributed by atoms with Gasteiger partial charge in [-0.3, -0.25) is 0 Å². The van der Waals surface area contributed by atoms with E-state index in [1.54, 1.807) is 24.3 Å². The molecule has 0 radical (unpaired) electrons. The van der Waals surface area contributed by atoms with Gasteiger partial charge in [0.25, 0.3) is 0 Å². The fraction of sp³-hybridized carbons (Fsp3) is 0.250. The molecule has 2 nitrogen and oxygen atoms in total. The summed E-state index contributed by atoms with van der Waals surface area (Å²) in [4.78, 5) is 0. The van der Waals surface area contributed by atoms with Gasteiger partial charge >= 0.3 is 0 Å². The first-order chi connectivity index (χ1) is 9.94. The van der Waals surface area contributed by atoms with Crippen LogP contribution in [0.1, 0.15) is 19.4 Å². The van der Waals surface area contributed by atoms with Gasteiger partial charge in [-0.15, -0.1) is 0 Å².